The van der Waals surface area contributed by atoms with Crippen LogP contribution in [0, 0.1) is 6.92 Å². The van der Waals surface area contributed by atoms with Crippen molar-refractivity contribution in [3.63, 3.8) is 0 Å². The van der Waals surface area contributed by atoms with Crippen LogP contribution in [0.3, 0.4) is 0 Å². The van der Waals surface area contributed by atoms with Crippen LogP contribution in [0.2, 0.25) is 5.02 Å². The first-order chi connectivity index (χ1) is 13.7. The van der Waals surface area contributed by atoms with Gasteiger partial charge in [-0.1, -0.05) is 35.9 Å². The van der Waals surface area contributed by atoms with Crippen LogP contribution >= 0.6 is 11.6 Å². The Morgan fingerprint density at radius 1 is 1.04 bits per heavy atom. The summed E-state index contributed by atoms with van der Waals surface area (Å²) in [6, 6.07) is 9.86. The zero-order valence-electron chi connectivity index (χ0n) is 15.9. The second kappa shape index (κ2) is 8.54. The van der Waals surface area contributed by atoms with E-state index in [1.807, 2.05) is 31.3 Å². The maximum Gasteiger partial charge on any atom is 0.250 e. The SMILES string of the molecule is Cc1c(/C=C/CN2CCN(c3ccccc3Cl)CC2)cnn1-c1ncccn1. The predicted octanol–water partition coefficient (Wildman–Crippen LogP) is 3.46. The fraction of sp³-hybridized carbons (Fsp3) is 0.286. The van der Waals surface area contributed by atoms with Crippen molar-refractivity contribution in [3.05, 3.63) is 71.3 Å². The topological polar surface area (TPSA) is 50.1 Å². The molecule has 0 spiro atoms. The summed E-state index contributed by atoms with van der Waals surface area (Å²) in [5.74, 6) is 0.593. The van der Waals surface area contributed by atoms with Crippen LogP contribution in [-0.4, -0.2) is 57.4 Å². The summed E-state index contributed by atoms with van der Waals surface area (Å²) in [6.07, 6.45) is 9.63. The lowest BCUT2D eigenvalue weighted by Gasteiger charge is -2.36. The number of benzene rings is 1. The molecule has 2 aromatic heterocycles. The monoisotopic (exact) mass is 394 g/mol. The number of rotatable bonds is 5. The van der Waals surface area contributed by atoms with Gasteiger partial charge in [0.25, 0.3) is 5.95 Å². The lowest BCUT2D eigenvalue weighted by Crippen LogP contribution is -2.46. The first kappa shape index (κ1) is 18.7. The Balaban J connectivity index is 1.33. The van der Waals surface area contributed by atoms with Gasteiger partial charge in [-0.3, -0.25) is 4.90 Å². The van der Waals surface area contributed by atoms with Crippen molar-refractivity contribution in [1.29, 1.82) is 0 Å². The lowest BCUT2D eigenvalue weighted by atomic mass is 10.2. The van der Waals surface area contributed by atoms with E-state index in [-0.39, 0.29) is 0 Å². The van der Waals surface area contributed by atoms with Crippen molar-refractivity contribution >= 4 is 23.4 Å². The Labute approximate surface area is 170 Å². The zero-order valence-corrected chi connectivity index (χ0v) is 16.6. The minimum Gasteiger partial charge on any atom is -0.368 e. The van der Waals surface area contributed by atoms with E-state index in [4.69, 9.17) is 11.6 Å². The zero-order chi connectivity index (χ0) is 19.3. The molecule has 0 radical (unpaired) electrons. The third-order valence-corrected chi connectivity index (χ3v) is 5.34. The van der Waals surface area contributed by atoms with Gasteiger partial charge in [0.05, 0.1) is 22.6 Å². The average Bonchev–Trinajstić information content (AvgIpc) is 3.10. The minimum absolute atomic E-state index is 0.593. The van der Waals surface area contributed by atoms with E-state index in [1.54, 1.807) is 23.1 Å². The van der Waals surface area contributed by atoms with E-state index >= 15 is 0 Å². The van der Waals surface area contributed by atoms with Gasteiger partial charge in [-0.2, -0.15) is 5.10 Å². The van der Waals surface area contributed by atoms with Crippen LogP contribution < -0.4 is 4.90 Å². The summed E-state index contributed by atoms with van der Waals surface area (Å²) < 4.78 is 1.77. The Morgan fingerprint density at radius 2 is 1.79 bits per heavy atom. The second-order valence-electron chi connectivity index (χ2n) is 6.79. The van der Waals surface area contributed by atoms with E-state index in [9.17, 15) is 0 Å². The number of halogens is 1. The molecule has 1 aliphatic rings. The summed E-state index contributed by atoms with van der Waals surface area (Å²) >= 11 is 6.32. The summed E-state index contributed by atoms with van der Waals surface area (Å²) in [6.45, 7) is 6.96. The highest BCUT2D eigenvalue weighted by atomic mass is 35.5. The molecule has 28 heavy (non-hydrogen) atoms. The van der Waals surface area contributed by atoms with Crippen molar-refractivity contribution in [2.45, 2.75) is 6.92 Å². The third-order valence-electron chi connectivity index (χ3n) is 5.02. The van der Waals surface area contributed by atoms with E-state index in [1.165, 1.54) is 0 Å². The lowest BCUT2D eigenvalue weighted by molar-refractivity contribution is 0.284. The Morgan fingerprint density at radius 3 is 2.54 bits per heavy atom. The van der Waals surface area contributed by atoms with E-state index < -0.39 is 0 Å². The number of para-hydroxylation sites is 1. The van der Waals surface area contributed by atoms with Gasteiger partial charge >= 0.3 is 0 Å². The van der Waals surface area contributed by atoms with Crippen LogP contribution in [0.5, 0.6) is 0 Å². The highest BCUT2D eigenvalue weighted by molar-refractivity contribution is 6.33. The normalized spacial score (nSPS) is 15.4. The van der Waals surface area contributed by atoms with Crippen LogP contribution in [0.1, 0.15) is 11.3 Å². The van der Waals surface area contributed by atoms with Gasteiger partial charge in [0.15, 0.2) is 0 Å². The Bertz CT molecular complexity index is 945. The van der Waals surface area contributed by atoms with Gasteiger partial charge < -0.3 is 4.90 Å². The number of hydrogen-bond donors (Lipinski definition) is 0. The smallest absolute Gasteiger partial charge is 0.250 e. The van der Waals surface area contributed by atoms with Crippen molar-refractivity contribution in [2.24, 2.45) is 0 Å². The first-order valence-corrected chi connectivity index (χ1v) is 9.80. The molecule has 144 valence electrons. The summed E-state index contributed by atoms with van der Waals surface area (Å²) in [7, 11) is 0. The van der Waals surface area contributed by atoms with E-state index in [0.717, 1.165) is 54.7 Å². The maximum atomic E-state index is 6.32. The van der Waals surface area contributed by atoms with Crippen LogP contribution in [0.15, 0.2) is 55.0 Å². The summed E-state index contributed by atoms with van der Waals surface area (Å²) in [4.78, 5) is 13.3. The van der Waals surface area contributed by atoms with Crippen molar-refractivity contribution in [2.75, 3.05) is 37.6 Å². The number of aromatic nitrogens is 4. The molecule has 6 nitrogen and oxygen atoms in total. The van der Waals surface area contributed by atoms with Crippen molar-refractivity contribution < 1.29 is 0 Å². The first-order valence-electron chi connectivity index (χ1n) is 9.43. The van der Waals surface area contributed by atoms with E-state index in [0.29, 0.717) is 5.95 Å². The number of nitrogens with zero attached hydrogens (tertiary/aromatic N) is 6. The standard InChI is InChI=1S/C21H23ClN6/c1-17-18(16-25-28(17)21-23-9-5-10-24-21)6-4-11-26-12-14-27(15-13-26)20-8-3-2-7-19(20)22/h2-10,16H,11-15H2,1H3/b6-4+. The molecule has 7 heteroatoms. The largest absolute Gasteiger partial charge is 0.368 e. The molecular formula is C21H23ClN6. The van der Waals surface area contributed by atoms with Gasteiger partial charge in [-0.25, -0.2) is 14.6 Å². The van der Waals surface area contributed by atoms with E-state index in [2.05, 4.69) is 43.1 Å². The molecule has 0 N–H and O–H groups in total. The molecule has 4 rings (SSSR count). The van der Waals surface area contributed by atoms with Crippen molar-refractivity contribution in [3.8, 4) is 5.95 Å². The quantitative estimate of drug-likeness (QED) is 0.663. The van der Waals surface area contributed by atoms with Gasteiger partial charge in [0, 0.05) is 50.7 Å². The van der Waals surface area contributed by atoms with Gasteiger partial charge in [-0.05, 0) is 25.1 Å². The molecule has 1 fully saturated rings. The molecule has 0 aliphatic carbocycles. The van der Waals surface area contributed by atoms with Crippen LogP contribution in [-0.2, 0) is 0 Å². The molecule has 3 aromatic rings. The van der Waals surface area contributed by atoms with Gasteiger partial charge in [0.2, 0.25) is 0 Å². The van der Waals surface area contributed by atoms with Gasteiger partial charge in [0.1, 0.15) is 0 Å². The fourth-order valence-electron chi connectivity index (χ4n) is 3.40. The highest BCUT2D eigenvalue weighted by Crippen LogP contribution is 2.26. The molecule has 1 aliphatic heterocycles. The Kier molecular flexibility index (Phi) is 5.69. The predicted molar refractivity (Wildman–Crippen MR) is 113 cm³/mol. The Hall–Kier alpha value is -2.70. The third kappa shape index (κ3) is 4.08. The molecule has 0 amide bonds. The number of hydrogen-bond acceptors (Lipinski definition) is 5. The minimum atomic E-state index is 0.593. The second-order valence-corrected chi connectivity index (χ2v) is 7.19. The van der Waals surface area contributed by atoms with Crippen molar-refractivity contribution in [1.82, 2.24) is 24.6 Å². The number of anilines is 1. The van der Waals surface area contributed by atoms with Crippen LogP contribution in [0.25, 0.3) is 12.0 Å². The molecule has 0 unspecified atom stereocenters. The molecule has 1 aromatic carbocycles. The molecule has 0 atom stereocenters. The summed E-state index contributed by atoms with van der Waals surface area (Å²) in [5, 5.41) is 5.24. The average molecular weight is 395 g/mol. The van der Waals surface area contributed by atoms with Crippen LogP contribution in [0.4, 0.5) is 5.69 Å². The molecule has 3 heterocycles. The molecular weight excluding hydrogens is 372 g/mol. The fourth-order valence-corrected chi connectivity index (χ4v) is 3.65. The number of piperazine rings is 1. The molecule has 0 saturated carbocycles. The highest BCUT2D eigenvalue weighted by Gasteiger charge is 2.17. The molecule has 0 bridgehead atoms. The van der Waals surface area contributed by atoms with Gasteiger partial charge in [-0.15, -0.1) is 0 Å². The maximum absolute atomic E-state index is 6.32. The summed E-state index contributed by atoms with van der Waals surface area (Å²) in [5.41, 5.74) is 3.25. The molecule has 1 saturated heterocycles.